The van der Waals surface area contributed by atoms with Crippen molar-refractivity contribution in [2.45, 2.75) is 46.2 Å². The van der Waals surface area contributed by atoms with Crippen molar-refractivity contribution >= 4 is 17.6 Å². The molecule has 0 radical (unpaired) electrons. The minimum absolute atomic E-state index is 0.0637. The molecule has 4 aromatic rings. The Morgan fingerprint density at radius 2 is 1.83 bits per heavy atom. The molecule has 1 aliphatic carbocycles. The number of allylic oxidation sites excluding steroid dienone is 2. The van der Waals surface area contributed by atoms with Gasteiger partial charge in [-0.15, -0.1) is 5.10 Å². The number of esters is 1. The summed E-state index contributed by atoms with van der Waals surface area (Å²) >= 11 is 0. The quantitative estimate of drug-likeness (QED) is 0.298. The highest BCUT2D eigenvalue weighted by Gasteiger charge is 2.45. The number of carbonyl (C=O) groups is 2. The molecule has 0 N–H and O–H groups in total. The molecular formula is C31H32N6O4. The third kappa shape index (κ3) is 4.79. The highest BCUT2D eigenvalue weighted by Crippen LogP contribution is 2.49. The first-order chi connectivity index (χ1) is 19.8. The van der Waals surface area contributed by atoms with Gasteiger partial charge in [0.1, 0.15) is 28.9 Å². The molecule has 0 bridgehead atoms. The summed E-state index contributed by atoms with van der Waals surface area (Å²) in [7, 11) is 1.62. The Morgan fingerprint density at radius 3 is 2.54 bits per heavy atom. The smallest absolute Gasteiger partial charge is 0.343 e. The zero-order valence-electron chi connectivity index (χ0n) is 23.6. The Kier molecular flexibility index (Phi) is 6.69. The molecule has 10 heteroatoms. The second-order valence-corrected chi connectivity index (χ2v) is 11.1. The number of hydrogen-bond acceptors (Lipinski definition) is 8. The van der Waals surface area contributed by atoms with Crippen molar-refractivity contribution in [2.75, 3.05) is 18.6 Å². The van der Waals surface area contributed by atoms with E-state index in [0.717, 1.165) is 16.9 Å². The number of anilines is 1. The maximum Gasteiger partial charge on any atom is 0.343 e. The molecule has 10 nitrogen and oxygen atoms in total. The van der Waals surface area contributed by atoms with Crippen LogP contribution in [0.1, 0.15) is 61.3 Å². The van der Waals surface area contributed by atoms with Gasteiger partial charge in [0.2, 0.25) is 0 Å². The topological polar surface area (TPSA) is 104 Å². The molecule has 6 rings (SSSR count). The van der Waals surface area contributed by atoms with Crippen molar-refractivity contribution in [3.63, 3.8) is 0 Å². The van der Waals surface area contributed by atoms with Gasteiger partial charge in [0.05, 0.1) is 38.3 Å². The van der Waals surface area contributed by atoms with Gasteiger partial charge in [0.25, 0.3) is 0 Å². The van der Waals surface area contributed by atoms with Crippen LogP contribution in [0.15, 0.2) is 78.3 Å². The molecule has 2 aromatic heterocycles. The average Bonchev–Trinajstić information content (AvgIpc) is 3.61. The van der Waals surface area contributed by atoms with Gasteiger partial charge >= 0.3 is 5.97 Å². The lowest BCUT2D eigenvalue weighted by Gasteiger charge is -2.44. The standard InChI is InChI=1S/C31H32N6O4/c1-5-41-30(39)24-17-32-37-28(20-11-13-23(40-4)14-12-20)27-25(15-31(2,3)16-26(27)38)35(29(24)37)18-21-19-36(34-33-21)22-9-7-6-8-10-22/h6-14,17,19,28H,5,15-16,18H2,1-4H3. The SMILES string of the molecule is CCOC(=O)c1cnn2c1N(Cc1cn(-c3ccccc3)nn1)C1=C(C(=O)CC(C)(C)C1)C2c1ccc(OC)cc1. The van der Waals surface area contributed by atoms with Crippen LogP contribution < -0.4 is 9.64 Å². The first-order valence-electron chi connectivity index (χ1n) is 13.7. The van der Waals surface area contributed by atoms with E-state index in [0.29, 0.717) is 47.8 Å². The van der Waals surface area contributed by atoms with Gasteiger partial charge in [-0.3, -0.25) is 4.79 Å². The van der Waals surface area contributed by atoms with E-state index in [2.05, 4.69) is 29.3 Å². The summed E-state index contributed by atoms with van der Waals surface area (Å²) in [4.78, 5) is 29.1. The van der Waals surface area contributed by atoms with Crippen LogP contribution in [0, 0.1) is 5.41 Å². The van der Waals surface area contributed by atoms with Crippen LogP contribution in [0.25, 0.3) is 5.69 Å². The summed E-state index contributed by atoms with van der Waals surface area (Å²) in [6.45, 7) is 6.49. The molecule has 2 aliphatic rings. The molecule has 1 atom stereocenters. The average molecular weight is 553 g/mol. The van der Waals surface area contributed by atoms with E-state index in [1.165, 1.54) is 6.20 Å². The fourth-order valence-corrected chi connectivity index (χ4v) is 5.77. The Hall–Kier alpha value is -4.73. The molecule has 1 unspecified atom stereocenters. The second-order valence-electron chi connectivity index (χ2n) is 11.1. The Balaban J connectivity index is 1.52. The molecular weight excluding hydrogens is 520 g/mol. The minimum atomic E-state index is -0.506. The minimum Gasteiger partial charge on any atom is -0.497 e. The van der Waals surface area contributed by atoms with Crippen LogP contribution in [0.4, 0.5) is 5.82 Å². The summed E-state index contributed by atoms with van der Waals surface area (Å²) < 4.78 is 14.3. The molecule has 0 amide bonds. The molecule has 1 aliphatic heterocycles. The molecule has 0 fully saturated rings. The number of aromatic nitrogens is 5. The van der Waals surface area contributed by atoms with Crippen molar-refractivity contribution in [1.82, 2.24) is 24.8 Å². The first-order valence-corrected chi connectivity index (χ1v) is 13.7. The molecule has 2 aromatic carbocycles. The van der Waals surface area contributed by atoms with E-state index in [9.17, 15) is 9.59 Å². The van der Waals surface area contributed by atoms with E-state index in [4.69, 9.17) is 9.47 Å². The van der Waals surface area contributed by atoms with E-state index in [1.54, 1.807) is 23.4 Å². The van der Waals surface area contributed by atoms with Crippen LogP contribution in [0.3, 0.4) is 0 Å². The van der Waals surface area contributed by atoms with E-state index < -0.39 is 12.0 Å². The van der Waals surface area contributed by atoms with Gasteiger partial charge in [-0.05, 0) is 48.6 Å². The second kappa shape index (κ2) is 10.3. The van der Waals surface area contributed by atoms with Crippen molar-refractivity contribution < 1.29 is 19.1 Å². The summed E-state index contributed by atoms with van der Waals surface area (Å²) in [6, 6.07) is 16.9. The number of ether oxygens (including phenoxy) is 2. The lowest BCUT2D eigenvalue weighted by atomic mass is 9.72. The van der Waals surface area contributed by atoms with Gasteiger partial charge in [-0.25, -0.2) is 14.2 Å². The van der Waals surface area contributed by atoms with Crippen LogP contribution in [-0.4, -0.2) is 50.2 Å². The van der Waals surface area contributed by atoms with Crippen LogP contribution in [0.5, 0.6) is 5.75 Å². The maximum absolute atomic E-state index is 13.9. The maximum atomic E-state index is 13.9. The largest absolute Gasteiger partial charge is 0.497 e. The Labute approximate surface area is 238 Å². The lowest BCUT2D eigenvalue weighted by Crippen LogP contribution is -2.42. The lowest BCUT2D eigenvalue weighted by molar-refractivity contribution is -0.118. The van der Waals surface area contributed by atoms with Crippen molar-refractivity contribution in [1.29, 1.82) is 0 Å². The number of benzene rings is 2. The monoisotopic (exact) mass is 552 g/mol. The number of hydrogen-bond donors (Lipinski definition) is 0. The number of methoxy groups -OCH3 is 1. The Morgan fingerprint density at radius 1 is 1.07 bits per heavy atom. The Bertz CT molecular complexity index is 1630. The molecule has 0 spiro atoms. The van der Waals surface area contributed by atoms with Gasteiger partial charge in [-0.1, -0.05) is 49.4 Å². The van der Waals surface area contributed by atoms with Crippen LogP contribution in [0.2, 0.25) is 0 Å². The van der Waals surface area contributed by atoms with Crippen molar-refractivity contribution in [3.8, 4) is 11.4 Å². The number of ketones is 1. The molecule has 0 saturated carbocycles. The number of para-hydroxylation sites is 1. The van der Waals surface area contributed by atoms with E-state index in [-0.39, 0.29) is 17.8 Å². The van der Waals surface area contributed by atoms with Crippen molar-refractivity contribution in [3.05, 3.63) is 95.1 Å². The first kappa shape index (κ1) is 26.5. The molecule has 41 heavy (non-hydrogen) atoms. The van der Waals surface area contributed by atoms with Gasteiger partial charge in [0, 0.05) is 17.7 Å². The zero-order chi connectivity index (χ0) is 28.7. The number of nitrogens with zero attached hydrogens (tertiary/aromatic N) is 6. The predicted molar refractivity (Wildman–Crippen MR) is 152 cm³/mol. The third-order valence-electron chi connectivity index (χ3n) is 7.57. The fraction of sp³-hybridized carbons (Fsp3) is 0.323. The third-order valence-corrected chi connectivity index (χ3v) is 7.57. The number of Topliss-reactive ketones (excluding diaryl/α,β-unsaturated/α-hetero) is 1. The normalized spacial score (nSPS) is 17.7. The van der Waals surface area contributed by atoms with E-state index in [1.807, 2.05) is 65.7 Å². The highest BCUT2D eigenvalue weighted by molar-refractivity contribution is 6.02. The summed E-state index contributed by atoms with van der Waals surface area (Å²) in [5, 5.41) is 13.5. The fourth-order valence-electron chi connectivity index (χ4n) is 5.77. The van der Waals surface area contributed by atoms with Crippen molar-refractivity contribution in [2.24, 2.45) is 5.41 Å². The van der Waals surface area contributed by atoms with Gasteiger partial charge < -0.3 is 14.4 Å². The summed E-state index contributed by atoms with van der Waals surface area (Å²) in [5.74, 6) is 0.883. The summed E-state index contributed by atoms with van der Waals surface area (Å²) in [6.07, 6.45) is 4.45. The number of fused-ring (bicyclic) bond motifs is 1. The molecule has 3 heterocycles. The van der Waals surface area contributed by atoms with Gasteiger partial charge in [0.15, 0.2) is 5.78 Å². The number of rotatable bonds is 7. The summed E-state index contributed by atoms with van der Waals surface area (Å²) in [5.41, 5.74) is 4.05. The predicted octanol–water partition coefficient (Wildman–Crippen LogP) is 4.90. The van der Waals surface area contributed by atoms with E-state index >= 15 is 0 Å². The van der Waals surface area contributed by atoms with Crippen LogP contribution >= 0.6 is 0 Å². The molecule has 0 saturated heterocycles. The van der Waals surface area contributed by atoms with Gasteiger partial charge in [-0.2, -0.15) is 5.10 Å². The zero-order valence-corrected chi connectivity index (χ0v) is 23.6. The molecule has 210 valence electrons. The number of carbonyl (C=O) groups excluding carboxylic acids is 2. The highest BCUT2D eigenvalue weighted by atomic mass is 16.5. The van der Waals surface area contributed by atoms with Crippen LogP contribution in [-0.2, 0) is 16.1 Å².